The quantitative estimate of drug-likeness (QED) is 0.816. The molecule has 1 aliphatic heterocycles. The summed E-state index contributed by atoms with van der Waals surface area (Å²) in [4.78, 5) is 32.5. The fourth-order valence-electron chi connectivity index (χ4n) is 2.84. The zero-order valence-corrected chi connectivity index (χ0v) is 15.2. The molecule has 136 valence electrons. The Morgan fingerprint density at radius 1 is 1.04 bits per heavy atom. The van der Waals surface area contributed by atoms with Gasteiger partial charge in [-0.3, -0.25) is 9.59 Å². The lowest BCUT2D eigenvalue weighted by molar-refractivity contribution is -0.136. The van der Waals surface area contributed by atoms with Gasteiger partial charge in [-0.1, -0.05) is 29.8 Å². The third-order valence-electron chi connectivity index (χ3n) is 4.32. The van der Waals surface area contributed by atoms with Crippen LogP contribution in [-0.4, -0.2) is 47.9 Å². The van der Waals surface area contributed by atoms with Crippen LogP contribution in [0.3, 0.4) is 0 Å². The van der Waals surface area contributed by atoms with Crippen LogP contribution in [0.15, 0.2) is 48.7 Å². The van der Waals surface area contributed by atoms with E-state index in [1.807, 2.05) is 30.3 Å². The lowest BCUT2D eigenvalue weighted by Gasteiger charge is -2.35. The Balaban J connectivity index is 1.42. The monoisotopic (exact) mass is 372 g/mol. The molecule has 0 bridgehead atoms. The van der Waals surface area contributed by atoms with Crippen LogP contribution in [0.5, 0.6) is 0 Å². The zero-order chi connectivity index (χ0) is 18.4. The molecule has 0 radical (unpaired) electrons. The van der Waals surface area contributed by atoms with E-state index in [4.69, 9.17) is 11.6 Å². The molecule has 0 unspecified atom stereocenters. The first-order valence-electron chi connectivity index (χ1n) is 8.57. The van der Waals surface area contributed by atoms with Gasteiger partial charge in [0.05, 0.1) is 0 Å². The van der Waals surface area contributed by atoms with E-state index in [9.17, 15) is 9.59 Å². The van der Waals surface area contributed by atoms with E-state index in [0.29, 0.717) is 24.7 Å². The third-order valence-corrected chi connectivity index (χ3v) is 4.57. The predicted molar refractivity (Wildman–Crippen MR) is 101 cm³/mol. The van der Waals surface area contributed by atoms with Gasteiger partial charge in [-0.05, 0) is 29.8 Å². The number of halogens is 1. The highest BCUT2D eigenvalue weighted by Crippen LogP contribution is 2.13. The molecule has 2 heterocycles. The van der Waals surface area contributed by atoms with Gasteiger partial charge in [0, 0.05) is 43.9 Å². The number of hydrogen-bond donors (Lipinski definition) is 1. The van der Waals surface area contributed by atoms with Crippen LogP contribution < -0.4 is 10.2 Å². The smallest absolute Gasteiger partial charge is 0.232 e. The Hall–Kier alpha value is -2.60. The average molecular weight is 373 g/mol. The Morgan fingerprint density at radius 2 is 1.77 bits per heavy atom. The number of carbonyl (C=O) groups is 2. The van der Waals surface area contributed by atoms with Gasteiger partial charge in [-0.2, -0.15) is 0 Å². The Labute approximate surface area is 157 Å². The Kier molecular flexibility index (Phi) is 6.07. The van der Waals surface area contributed by atoms with E-state index in [2.05, 4.69) is 15.2 Å². The highest BCUT2D eigenvalue weighted by Gasteiger charge is 2.23. The third kappa shape index (κ3) is 4.95. The molecule has 0 saturated carbocycles. The molecule has 1 saturated heterocycles. The molecule has 0 aliphatic carbocycles. The van der Waals surface area contributed by atoms with Gasteiger partial charge >= 0.3 is 0 Å². The Morgan fingerprint density at radius 3 is 2.42 bits per heavy atom. The summed E-state index contributed by atoms with van der Waals surface area (Å²) in [5.74, 6) is 0.511. The standard InChI is InChI=1S/C19H21ClN4O2/c20-16-6-4-15(5-7-16)14-22-18(25)13-19(26)24-11-9-23(10-12-24)17-3-1-2-8-21-17/h1-8H,9-14H2,(H,22,25). The van der Waals surface area contributed by atoms with Crippen molar-refractivity contribution in [2.45, 2.75) is 13.0 Å². The number of pyridine rings is 1. The van der Waals surface area contributed by atoms with Crippen molar-refractivity contribution in [1.82, 2.24) is 15.2 Å². The predicted octanol–water partition coefficient (Wildman–Crippen LogP) is 2.09. The number of nitrogens with one attached hydrogen (secondary N) is 1. The van der Waals surface area contributed by atoms with E-state index in [1.165, 1.54) is 0 Å². The second-order valence-electron chi connectivity index (χ2n) is 6.14. The van der Waals surface area contributed by atoms with Crippen molar-refractivity contribution >= 4 is 29.2 Å². The van der Waals surface area contributed by atoms with Gasteiger partial charge in [-0.15, -0.1) is 0 Å². The van der Waals surface area contributed by atoms with Crippen LogP contribution >= 0.6 is 11.6 Å². The first-order chi connectivity index (χ1) is 12.6. The van der Waals surface area contributed by atoms with Gasteiger partial charge in [0.15, 0.2) is 0 Å². The molecular formula is C19H21ClN4O2. The minimum absolute atomic E-state index is 0.128. The van der Waals surface area contributed by atoms with E-state index in [1.54, 1.807) is 23.2 Å². The summed E-state index contributed by atoms with van der Waals surface area (Å²) in [6.45, 7) is 3.01. The largest absolute Gasteiger partial charge is 0.353 e. The van der Waals surface area contributed by atoms with Crippen molar-refractivity contribution in [2.24, 2.45) is 0 Å². The maximum absolute atomic E-state index is 12.3. The number of aromatic nitrogens is 1. The fraction of sp³-hybridized carbons (Fsp3) is 0.316. The van der Waals surface area contributed by atoms with Gasteiger partial charge in [-0.25, -0.2) is 4.98 Å². The molecule has 26 heavy (non-hydrogen) atoms. The van der Waals surface area contributed by atoms with Crippen molar-refractivity contribution in [2.75, 3.05) is 31.1 Å². The topological polar surface area (TPSA) is 65.5 Å². The zero-order valence-electron chi connectivity index (χ0n) is 14.4. The van der Waals surface area contributed by atoms with Crippen LogP contribution in [0.2, 0.25) is 5.02 Å². The molecule has 2 amide bonds. The molecule has 0 spiro atoms. The molecule has 1 N–H and O–H groups in total. The van der Waals surface area contributed by atoms with E-state index >= 15 is 0 Å². The summed E-state index contributed by atoms with van der Waals surface area (Å²) in [5.41, 5.74) is 0.944. The number of hydrogen-bond acceptors (Lipinski definition) is 4. The van der Waals surface area contributed by atoms with E-state index in [0.717, 1.165) is 24.5 Å². The van der Waals surface area contributed by atoms with Crippen LogP contribution in [-0.2, 0) is 16.1 Å². The average Bonchev–Trinajstić information content (AvgIpc) is 2.68. The Bertz CT molecular complexity index is 744. The highest BCUT2D eigenvalue weighted by atomic mass is 35.5. The summed E-state index contributed by atoms with van der Waals surface area (Å²) in [5, 5.41) is 3.43. The maximum atomic E-state index is 12.3. The summed E-state index contributed by atoms with van der Waals surface area (Å²) >= 11 is 5.83. The summed E-state index contributed by atoms with van der Waals surface area (Å²) in [6.07, 6.45) is 1.63. The number of anilines is 1. The summed E-state index contributed by atoms with van der Waals surface area (Å²) in [6, 6.07) is 13.0. The second-order valence-corrected chi connectivity index (χ2v) is 6.57. The molecule has 7 heteroatoms. The van der Waals surface area contributed by atoms with Gasteiger partial charge in [0.1, 0.15) is 12.2 Å². The fourth-order valence-corrected chi connectivity index (χ4v) is 2.97. The number of carbonyl (C=O) groups excluding carboxylic acids is 2. The molecule has 1 aliphatic rings. The molecule has 2 aromatic rings. The first kappa shape index (κ1) is 18.2. The first-order valence-corrected chi connectivity index (χ1v) is 8.94. The van der Waals surface area contributed by atoms with Gasteiger partial charge < -0.3 is 15.1 Å². The van der Waals surface area contributed by atoms with Crippen molar-refractivity contribution in [3.63, 3.8) is 0 Å². The van der Waals surface area contributed by atoms with Crippen LogP contribution in [0.4, 0.5) is 5.82 Å². The van der Waals surface area contributed by atoms with E-state index < -0.39 is 0 Å². The molecular weight excluding hydrogens is 352 g/mol. The van der Waals surface area contributed by atoms with Crippen LogP contribution in [0, 0.1) is 0 Å². The molecule has 1 fully saturated rings. The lowest BCUT2D eigenvalue weighted by atomic mass is 10.2. The van der Waals surface area contributed by atoms with Crippen molar-refractivity contribution in [1.29, 1.82) is 0 Å². The van der Waals surface area contributed by atoms with Crippen molar-refractivity contribution in [3.8, 4) is 0 Å². The number of nitrogens with zero attached hydrogens (tertiary/aromatic N) is 3. The van der Waals surface area contributed by atoms with Crippen LogP contribution in [0.1, 0.15) is 12.0 Å². The molecule has 3 rings (SSSR count). The number of benzene rings is 1. The minimum Gasteiger partial charge on any atom is -0.353 e. The summed E-state index contributed by atoms with van der Waals surface area (Å²) in [7, 11) is 0. The minimum atomic E-state index is -0.267. The van der Waals surface area contributed by atoms with Gasteiger partial charge in [0.25, 0.3) is 0 Å². The van der Waals surface area contributed by atoms with E-state index in [-0.39, 0.29) is 18.2 Å². The normalized spacial score (nSPS) is 14.2. The second kappa shape index (κ2) is 8.67. The number of amides is 2. The van der Waals surface area contributed by atoms with Crippen molar-refractivity contribution in [3.05, 3.63) is 59.2 Å². The highest BCUT2D eigenvalue weighted by molar-refractivity contribution is 6.30. The van der Waals surface area contributed by atoms with Crippen molar-refractivity contribution < 1.29 is 9.59 Å². The summed E-state index contributed by atoms with van der Waals surface area (Å²) < 4.78 is 0. The van der Waals surface area contributed by atoms with Gasteiger partial charge in [0.2, 0.25) is 11.8 Å². The lowest BCUT2D eigenvalue weighted by Crippen LogP contribution is -2.49. The van der Waals surface area contributed by atoms with Crippen LogP contribution in [0.25, 0.3) is 0 Å². The maximum Gasteiger partial charge on any atom is 0.232 e. The molecule has 0 atom stereocenters. The number of rotatable bonds is 5. The number of piperazine rings is 1. The molecule has 1 aromatic carbocycles. The molecule has 1 aromatic heterocycles. The molecule has 6 nitrogen and oxygen atoms in total. The SMILES string of the molecule is O=C(CC(=O)N1CCN(c2ccccn2)CC1)NCc1ccc(Cl)cc1.